The summed E-state index contributed by atoms with van der Waals surface area (Å²) in [6.45, 7) is 5.37. The number of rotatable bonds is 4. The molecule has 2 fully saturated rings. The van der Waals surface area contributed by atoms with Gasteiger partial charge in [0.1, 0.15) is 6.61 Å². The van der Waals surface area contributed by atoms with Crippen LogP contribution in [0.4, 0.5) is 4.79 Å². The molecule has 0 spiro atoms. The molecule has 0 aliphatic carbocycles. The van der Waals surface area contributed by atoms with Crippen molar-refractivity contribution in [2.24, 2.45) is 5.92 Å². The maximum Gasteiger partial charge on any atom is 0.410 e. The molecular formula is C21H30N2O4. The number of carboxylic acids is 1. The lowest BCUT2D eigenvalue weighted by Crippen LogP contribution is -2.59. The summed E-state index contributed by atoms with van der Waals surface area (Å²) in [4.78, 5) is 28.3. The quantitative estimate of drug-likeness (QED) is 0.875. The van der Waals surface area contributed by atoms with Crippen LogP contribution in [0.5, 0.6) is 0 Å². The van der Waals surface area contributed by atoms with Crippen molar-refractivity contribution in [3.05, 3.63) is 35.9 Å². The zero-order valence-electron chi connectivity index (χ0n) is 16.2. The molecule has 1 aromatic carbocycles. The Morgan fingerprint density at radius 3 is 2.41 bits per heavy atom. The Morgan fingerprint density at radius 1 is 1.11 bits per heavy atom. The fraction of sp³-hybridized carbons (Fsp3) is 0.619. The Labute approximate surface area is 161 Å². The number of benzene rings is 1. The van der Waals surface area contributed by atoms with Crippen LogP contribution in [0, 0.1) is 5.92 Å². The molecule has 2 aliphatic rings. The maximum absolute atomic E-state index is 12.6. The summed E-state index contributed by atoms with van der Waals surface area (Å²) in [6.07, 6.45) is 3.62. The molecule has 6 heteroatoms. The molecule has 6 nitrogen and oxygen atoms in total. The van der Waals surface area contributed by atoms with Crippen LogP contribution in [0.1, 0.15) is 45.1 Å². The van der Waals surface area contributed by atoms with Crippen molar-refractivity contribution in [2.75, 3.05) is 13.1 Å². The average Bonchev–Trinajstić information content (AvgIpc) is 2.66. The number of carbonyl (C=O) groups excluding carboxylic acids is 1. The molecule has 0 unspecified atom stereocenters. The van der Waals surface area contributed by atoms with Gasteiger partial charge >= 0.3 is 12.1 Å². The van der Waals surface area contributed by atoms with E-state index in [0.29, 0.717) is 25.0 Å². The summed E-state index contributed by atoms with van der Waals surface area (Å²) < 4.78 is 5.46. The molecule has 0 aromatic heterocycles. The van der Waals surface area contributed by atoms with Crippen LogP contribution < -0.4 is 0 Å². The third-order valence-electron chi connectivity index (χ3n) is 5.92. The van der Waals surface area contributed by atoms with E-state index >= 15 is 0 Å². The van der Waals surface area contributed by atoms with Gasteiger partial charge in [-0.2, -0.15) is 0 Å². The zero-order valence-corrected chi connectivity index (χ0v) is 16.2. The topological polar surface area (TPSA) is 70.1 Å². The van der Waals surface area contributed by atoms with E-state index < -0.39 is 18.0 Å². The van der Waals surface area contributed by atoms with E-state index in [1.54, 1.807) is 4.90 Å². The number of amides is 1. The van der Waals surface area contributed by atoms with Gasteiger partial charge in [0, 0.05) is 31.2 Å². The number of nitrogens with zero attached hydrogens (tertiary/aromatic N) is 2. The Morgan fingerprint density at radius 2 is 1.78 bits per heavy atom. The molecule has 1 N–H and O–H groups in total. The normalized spacial score (nSPS) is 29.3. The standard InChI is InChI=1S/C21H30N2O4/c1-15-7-6-8-16(2)23(15)19-11-18(20(24)25)12-22(13-19)21(26)27-14-17-9-4-3-5-10-17/h3-5,9-10,15-16,18-19H,6-8,11-14H2,1-2H3,(H,24,25)/t15-,16+,18-,19-/m1/s1. The van der Waals surface area contributed by atoms with Gasteiger partial charge < -0.3 is 14.7 Å². The Hall–Kier alpha value is -2.08. The van der Waals surface area contributed by atoms with Crippen molar-refractivity contribution in [1.29, 1.82) is 0 Å². The second kappa shape index (κ2) is 8.74. The predicted octanol–water partition coefficient (Wildman–Crippen LogP) is 3.36. The van der Waals surface area contributed by atoms with Crippen molar-refractivity contribution in [1.82, 2.24) is 9.80 Å². The molecule has 4 atom stereocenters. The molecule has 1 aromatic rings. The Kier molecular flexibility index (Phi) is 6.37. The van der Waals surface area contributed by atoms with Gasteiger partial charge in [0.05, 0.1) is 5.92 Å². The SMILES string of the molecule is C[C@@H]1CCC[C@H](C)N1[C@@H]1C[C@@H](C(=O)O)CN(C(=O)OCc2ccccc2)C1. The van der Waals surface area contributed by atoms with Gasteiger partial charge in [0.15, 0.2) is 0 Å². The van der Waals surface area contributed by atoms with Crippen molar-refractivity contribution in [3.63, 3.8) is 0 Å². The smallest absolute Gasteiger partial charge is 0.410 e. The molecule has 0 saturated carbocycles. The monoisotopic (exact) mass is 374 g/mol. The molecule has 2 saturated heterocycles. The van der Waals surface area contributed by atoms with Crippen LogP contribution in [0.2, 0.25) is 0 Å². The first-order valence-electron chi connectivity index (χ1n) is 9.91. The van der Waals surface area contributed by atoms with E-state index in [1.807, 2.05) is 30.3 Å². The molecule has 2 aliphatic heterocycles. The highest BCUT2D eigenvalue weighted by atomic mass is 16.6. The van der Waals surface area contributed by atoms with E-state index in [0.717, 1.165) is 18.4 Å². The van der Waals surface area contributed by atoms with Gasteiger partial charge in [0.2, 0.25) is 0 Å². The molecule has 0 bridgehead atoms. The van der Waals surface area contributed by atoms with Gasteiger partial charge in [-0.05, 0) is 38.7 Å². The van der Waals surface area contributed by atoms with Gasteiger partial charge in [-0.15, -0.1) is 0 Å². The molecule has 3 rings (SSSR count). The lowest BCUT2D eigenvalue weighted by Gasteiger charge is -2.48. The summed E-state index contributed by atoms with van der Waals surface area (Å²) >= 11 is 0. The van der Waals surface area contributed by atoms with E-state index in [-0.39, 0.29) is 19.2 Å². The summed E-state index contributed by atoms with van der Waals surface area (Å²) in [5.74, 6) is -1.38. The first-order valence-corrected chi connectivity index (χ1v) is 9.91. The Bertz CT molecular complexity index is 641. The summed E-state index contributed by atoms with van der Waals surface area (Å²) in [5.41, 5.74) is 0.924. The minimum atomic E-state index is -0.835. The lowest BCUT2D eigenvalue weighted by atomic mass is 9.88. The van der Waals surface area contributed by atoms with Crippen molar-refractivity contribution in [3.8, 4) is 0 Å². The van der Waals surface area contributed by atoms with Gasteiger partial charge in [-0.25, -0.2) is 4.79 Å². The minimum absolute atomic E-state index is 0.0643. The van der Waals surface area contributed by atoms with Crippen LogP contribution in [-0.2, 0) is 16.1 Å². The van der Waals surface area contributed by atoms with Crippen LogP contribution in [-0.4, -0.2) is 58.2 Å². The van der Waals surface area contributed by atoms with Crippen molar-refractivity contribution in [2.45, 2.75) is 64.3 Å². The highest BCUT2D eigenvalue weighted by molar-refractivity contribution is 5.73. The first kappa shape index (κ1) is 19.7. The number of piperidine rings is 2. The van der Waals surface area contributed by atoms with Crippen LogP contribution in [0.15, 0.2) is 30.3 Å². The number of ether oxygens (including phenoxy) is 1. The molecule has 148 valence electrons. The highest BCUT2D eigenvalue weighted by Gasteiger charge is 2.40. The van der Waals surface area contributed by atoms with E-state index in [1.165, 1.54) is 6.42 Å². The van der Waals surface area contributed by atoms with E-state index in [4.69, 9.17) is 4.74 Å². The van der Waals surface area contributed by atoms with Gasteiger partial charge in [-0.1, -0.05) is 36.8 Å². The number of likely N-dealkylation sites (tertiary alicyclic amines) is 2. The fourth-order valence-electron chi connectivity index (χ4n) is 4.59. The van der Waals surface area contributed by atoms with Crippen LogP contribution >= 0.6 is 0 Å². The number of hydrogen-bond acceptors (Lipinski definition) is 4. The number of aliphatic carboxylic acids is 1. The van der Waals surface area contributed by atoms with Crippen molar-refractivity contribution >= 4 is 12.1 Å². The third-order valence-corrected chi connectivity index (χ3v) is 5.92. The average molecular weight is 374 g/mol. The molecule has 27 heavy (non-hydrogen) atoms. The first-order chi connectivity index (χ1) is 13.0. The van der Waals surface area contributed by atoms with Crippen LogP contribution in [0.25, 0.3) is 0 Å². The second-order valence-corrected chi connectivity index (χ2v) is 7.95. The van der Waals surface area contributed by atoms with Crippen LogP contribution in [0.3, 0.4) is 0 Å². The van der Waals surface area contributed by atoms with Gasteiger partial charge in [-0.3, -0.25) is 9.69 Å². The number of carboxylic acid groups (broad SMARTS) is 1. The second-order valence-electron chi connectivity index (χ2n) is 7.95. The Balaban J connectivity index is 1.68. The number of hydrogen-bond donors (Lipinski definition) is 1. The summed E-state index contributed by atoms with van der Waals surface area (Å²) in [5, 5.41) is 9.60. The zero-order chi connectivity index (χ0) is 19.4. The molecular weight excluding hydrogens is 344 g/mol. The third kappa shape index (κ3) is 4.80. The van der Waals surface area contributed by atoms with Gasteiger partial charge in [0.25, 0.3) is 0 Å². The van der Waals surface area contributed by atoms with E-state index in [2.05, 4.69) is 18.7 Å². The summed E-state index contributed by atoms with van der Waals surface area (Å²) in [6, 6.07) is 10.4. The fourth-order valence-corrected chi connectivity index (χ4v) is 4.59. The number of carbonyl (C=O) groups is 2. The highest BCUT2D eigenvalue weighted by Crippen LogP contribution is 2.31. The predicted molar refractivity (Wildman–Crippen MR) is 102 cm³/mol. The molecule has 0 radical (unpaired) electrons. The summed E-state index contributed by atoms with van der Waals surface area (Å²) in [7, 11) is 0. The molecule has 2 heterocycles. The minimum Gasteiger partial charge on any atom is -0.481 e. The maximum atomic E-state index is 12.6. The van der Waals surface area contributed by atoms with E-state index in [9.17, 15) is 14.7 Å². The largest absolute Gasteiger partial charge is 0.481 e. The van der Waals surface area contributed by atoms with Crippen molar-refractivity contribution < 1.29 is 19.4 Å². The lowest BCUT2D eigenvalue weighted by molar-refractivity contribution is -0.145. The molecule has 1 amide bonds.